The number of hydrogen-bond donors (Lipinski definition) is 2. The summed E-state index contributed by atoms with van der Waals surface area (Å²) in [4.78, 5) is 26.2. The van der Waals surface area contributed by atoms with Crippen molar-refractivity contribution in [2.75, 3.05) is 33.4 Å². The first-order chi connectivity index (χ1) is 15.0. The molecule has 0 saturated carbocycles. The SMILES string of the molecule is COc1cc(CN2C[C@H](CC(N)=O)[C@H](OC(=O)c3ccccc3)C2)ccc1OCCO. The van der Waals surface area contributed by atoms with E-state index in [1.807, 2.05) is 18.2 Å². The number of nitrogens with two attached hydrogens (primary N) is 1. The summed E-state index contributed by atoms with van der Waals surface area (Å²) >= 11 is 0. The highest BCUT2D eigenvalue weighted by Crippen LogP contribution is 2.30. The van der Waals surface area contributed by atoms with E-state index >= 15 is 0 Å². The molecule has 2 aromatic carbocycles. The van der Waals surface area contributed by atoms with Crippen LogP contribution in [-0.2, 0) is 16.1 Å². The number of primary amides is 1. The number of likely N-dealkylation sites (tertiary alicyclic amines) is 1. The van der Waals surface area contributed by atoms with E-state index in [0.29, 0.717) is 36.7 Å². The molecular formula is C23H28N2O6. The minimum absolute atomic E-state index is 0.0803. The molecule has 166 valence electrons. The Hall–Kier alpha value is -3.10. The van der Waals surface area contributed by atoms with Crippen molar-refractivity contribution in [1.82, 2.24) is 4.90 Å². The Balaban J connectivity index is 1.68. The maximum atomic E-state index is 12.5. The number of methoxy groups -OCH3 is 1. The Kier molecular flexibility index (Phi) is 7.86. The zero-order valence-corrected chi connectivity index (χ0v) is 17.5. The normalized spacial score (nSPS) is 18.5. The molecule has 3 N–H and O–H groups in total. The fourth-order valence-corrected chi connectivity index (χ4v) is 3.77. The van der Waals surface area contributed by atoms with Crippen molar-refractivity contribution in [2.45, 2.75) is 19.1 Å². The van der Waals surface area contributed by atoms with Crippen molar-refractivity contribution in [3.8, 4) is 11.5 Å². The molecule has 8 nitrogen and oxygen atoms in total. The summed E-state index contributed by atoms with van der Waals surface area (Å²) in [6.45, 7) is 1.78. The molecule has 0 aromatic heterocycles. The molecule has 1 amide bonds. The maximum absolute atomic E-state index is 12.5. The van der Waals surface area contributed by atoms with Crippen LogP contribution in [0.5, 0.6) is 11.5 Å². The largest absolute Gasteiger partial charge is 0.493 e. The lowest BCUT2D eigenvalue weighted by Crippen LogP contribution is -2.29. The molecule has 2 atom stereocenters. The molecule has 1 aliphatic rings. The average Bonchev–Trinajstić information content (AvgIpc) is 3.12. The molecule has 8 heteroatoms. The third-order valence-corrected chi connectivity index (χ3v) is 5.17. The first-order valence-corrected chi connectivity index (χ1v) is 10.2. The number of rotatable bonds is 10. The molecule has 0 spiro atoms. The number of aliphatic hydroxyl groups is 1. The van der Waals surface area contributed by atoms with Gasteiger partial charge >= 0.3 is 5.97 Å². The van der Waals surface area contributed by atoms with Crippen molar-refractivity contribution in [2.24, 2.45) is 11.7 Å². The van der Waals surface area contributed by atoms with Crippen LogP contribution in [0.25, 0.3) is 0 Å². The number of benzene rings is 2. The number of carbonyl (C=O) groups excluding carboxylic acids is 2. The Morgan fingerprint density at radius 1 is 1.13 bits per heavy atom. The lowest BCUT2D eigenvalue weighted by atomic mass is 10.0. The Morgan fingerprint density at radius 3 is 2.58 bits per heavy atom. The predicted octanol–water partition coefficient (Wildman–Crippen LogP) is 1.60. The molecule has 0 radical (unpaired) electrons. The summed E-state index contributed by atoms with van der Waals surface area (Å²) in [5.74, 6) is 0.141. The van der Waals surface area contributed by atoms with Gasteiger partial charge in [0.15, 0.2) is 11.5 Å². The molecule has 1 aliphatic heterocycles. The van der Waals surface area contributed by atoms with Gasteiger partial charge in [-0.25, -0.2) is 4.79 Å². The lowest BCUT2D eigenvalue weighted by Gasteiger charge is -2.18. The van der Waals surface area contributed by atoms with E-state index in [2.05, 4.69) is 4.90 Å². The molecule has 1 fully saturated rings. The third-order valence-electron chi connectivity index (χ3n) is 5.17. The second-order valence-corrected chi connectivity index (χ2v) is 7.49. The fourth-order valence-electron chi connectivity index (χ4n) is 3.77. The van der Waals surface area contributed by atoms with Gasteiger partial charge in [0, 0.05) is 32.0 Å². The molecule has 3 rings (SSSR count). The second kappa shape index (κ2) is 10.8. The highest BCUT2D eigenvalue weighted by atomic mass is 16.5. The molecule has 0 aliphatic carbocycles. The molecular weight excluding hydrogens is 400 g/mol. The lowest BCUT2D eigenvalue weighted by molar-refractivity contribution is -0.119. The van der Waals surface area contributed by atoms with Gasteiger partial charge in [-0.05, 0) is 29.8 Å². The summed E-state index contributed by atoms with van der Waals surface area (Å²) in [5, 5.41) is 8.94. The van der Waals surface area contributed by atoms with Crippen LogP contribution in [-0.4, -0.2) is 61.4 Å². The van der Waals surface area contributed by atoms with Crippen LogP contribution in [0.4, 0.5) is 0 Å². The van der Waals surface area contributed by atoms with Gasteiger partial charge in [-0.2, -0.15) is 0 Å². The van der Waals surface area contributed by atoms with E-state index in [9.17, 15) is 9.59 Å². The van der Waals surface area contributed by atoms with E-state index in [4.69, 9.17) is 25.1 Å². The summed E-state index contributed by atoms with van der Waals surface area (Å²) in [6, 6.07) is 14.4. The number of ether oxygens (including phenoxy) is 3. The van der Waals surface area contributed by atoms with Gasteiger partial charge in [-0.1, -0.05) is 24.3 Å². The summed E-state index contributed by atoms with van der Waals surface area (Å²) in [7, 11) is 1.56. The number of aliphatic hydroxyl groups excluding tert-OH is 1. The van der Waals surface area contributed by atoms with Crippen molar-refractivity contribution in [3.63, 3.8) is 0 Å². The molecule has 2 aromatic rings. The van der Waals surface area contributed by atoms with Crippen LogP contribution in [0.2, 0.25) is 0 Å². The summed E-state index contributed by atoms with van der Waals surface area (Å²) in [5.41, 5.74) is 6.88. The Labute approximate surface area is 181 Å². The van der Waals surface area contributed by atoms with Crippen LogP contribution in [0, 0.1) is 5.92 Å². The van der Waals surface area contributed by atoms with Gasteiger partial charge in [0.05, 0.1) is 19.3 Å². The maximum Gasteiger partial charge on any atom is 0.338 e. The number of hydrogen-bond acceptors (Lipinski definition) is 7. The van der Waals surface area contributed by atoms with Gasteiger partial charge in [-0.3, -0.25) is 9.69 Å². The van der Waals surface area contributed by atoms with E-state index in [1.54, 1.807) is 37.4 Å². The van der Waals surface area contributed by atoms with Gasteiger partial charge in [-0.15, -0.1) is 0 Å². The van der Waals surface area contributed by atoms with Crippen molar-refractivity contribution < 1.29 is 28.9 Å². The van der Waals surface area contributed by atoms with Crippen LogP contribution in [0.15, 0.2) is 48.5 Å². The molecule has 1 saturated heterocycles. The minimum atomic E-state index is -0.422. The highest BCUT2D eigenvalue weighted by molar-refractivity contribution is 5.89. The van der Waals surface area contributed by atoms with E-state index < -0.39 is 18.0 Å². The zero-order chi connectivity index (χ0) is 22.2. The van der Waals surface area contributed by atoms with E-state index in [1.165, 1.54) is 0 Å². The van der Waals surface area contributed by atoms with Crippen molar-refractivity contribution in [3.05, 3.63) is 59.7 Å². The summed E-state index contributed by atoms with van der Waals surface area (Å²) < 4.78 is 16.6. The predicted molar refractivity (Wildman–Crippen MR) is 114 cm³/mol. The molecule has 1 heterocycles. The average molecular weight is 428 g/mol. The topological polar surface area (TPSA) is 111 Å². The van der Waals surface area contributed by atoms with Crippen LogP contribution in [0.3, 0.4) is 0 Å². The molecule has 0 bridgehead atoms. The van der Waals surface area contributed by atoms with Crippen molar-refractivity contribution >= 4 is 11.9 Å². The molecule has 0 unspecified atom stereocenters. The first-order valence-electron chi connectivity index (χ1n) is 10.2. The van der Waals surface area contributed by atoms with Gasteiger partial charge in [0.1, 0.15) is 12.7 Å². The highest BCUT2D eigenvalue weighted by Gasteiger charge is 2.36. The van der Waals surface area contributed by atoms with Gasteiger partial charge in [0.25, 0.3) is 0 Å². The van der Waals surface area contributed by atoms with Crippen LogP contribution in [0.1, 0.15) is 22.3 Å². The van der Waals surface area contributed by atoms with Crippen LogP contribution >= 0.6 is 0 Å². The Morgan fingerprint density at radius 2 is 1.90 bits per heavy atom. The Bertz CT molecular complexity index is 889. The molecule has 31 heavy (non-hydrogen) atoms. The monoisotopic (exact) mass is 428 g/mol. The number of nitrogens with zero attached hydrogens (tertiary/aromatic N) is 1. The standard InChI is InChI=1S/C23H28N2O6/c1-29-20-11-16(7-8-19(20)30-10-9-26)13-25-14-18(12-22(24)27)21(15-25)31-23(28)17-5-3-2-4-6-17/h2-8,11,18,21,26H,9-10,12-15H2,1H3,(H2,24,27)/t18-,21+/m0/s1. The number of carbonyl (C=O) groups is 2. The first kappa shape index (κ1) is 22.6. The van der Waals surface area contributed by atoms with E-state index in [-0.39, 0.29) is 25.6 Å². The minimum Gasteiger partial charge on any atom is -0.493 e. The summed E-state index contributed by atoms with van der Waals surface area (Å²) in [6.07, 6.45) is -0.269. The van der Waals surface area contributed by atoms with Gasteiger partial charge in [0.2, 0.25) is 5.91 Å². The number of amides is 1. The zero-order valence-electron chi connectivity index (χ0n) is 17.5. The van der Waals surface area contributed by atoms with E-state index in [0.717, 1.165) is 5.56 Å². The van der Waals surface area contributed by atoms with Gasteiger partial charge < -0.3 is 25.1 Å². The van der Waals surface area contributed by atoms with Crippen LogP contribution < -0.4 is 15.2 Å². The second-order valence-electron chi connectivity index (χ2n) is 7.49. The van der Waals surface area contributed by atoms with Crippen molar-refractivity contribution in [1.29, 1.82) is 0 Å². The number of esters is 1. The third kappa shape index (κ3) is 6.19. The smallest absolute Gasteiger partial charge is 0.338 e. The quantitative estimate of drug-likeness (QED) is 0.553. The fraction of sp³-hybridized carbons (Fsp3) is 0.391.